The van der Waals surface area contributed by atoms with Gasteiger partial charge >= 0.3 is 0 Å². The summed E-state index contributed by atoms with van der Waals surface area (Å²) in [6, 6.07) is 19.2. The highest BCUT2D eigenvalue weighted by atomic mass is 35.5. The number of benzene rings is 3. The number of amides is 2. The van der Waals surface area contributed by atoms with Gasteiger partial charge in [-0.05, 0) is 54.1 Å². The highest BCUT2D eigenvalue weighted by molar-refractivity contribution is 8.04. The molecule has 0 aromatic heterocycles. The number of carbonyl (C=O) groups excluding carboxylic acids is 2. The molecule has 1 aliphatic heterocycles. The van der Waals surface area contributed by atoms with Gasteiger partial charge < -0.3 is 0 Å². The third-order valence-corrected chi connectivity index (χ3v) is 5.90. The molecule has 3 aromatic rings. The second-order valence-corrected chi connectivity index (χ2v) is 8.12. The Hall–Kier alpha value is -2.60. The first-order chi connectivity index (χ1) is 14.0. The van der Waals surface area contributed by atoms with Crippen molar-refractivity contribution in [2.45, 2.75) is 4.90 Å². The van der Waals surface area contributed by atoms with E-state index >= 15 is 0 Å². The lowest BCUT2D eigenvalue weighted by Crippen LogP contribution is -2.32. The first-order valence-corrected chi connectivity index (χ1v) is 10.1. The Bertz CT molecular complexity index is 1140. The van der Waals surface area contributed by atoms with Crippen molar-refractivity contribution in [1.82, 2.24) is 0 Å². The SMILES string of the molecule is O=C1C(Sc2ccc(Cl)cc2)=C(c2ccc(Cl)cc2)C(=O)N1c1ccccc1F. The Labute approximate surface area is 180 Å². The van der Waals surface area contributed by atoms with Crippen LogP contribution in [0.3, 0.4) is 0 Å². The largest absolute Gasteiger partial charge is 0.273 e. The Morgan fingerprint density at radius 2 is 1.34 bits per heavy atom. The molecule has 0 spiro atoms. The predicted molar refractivity (Wildman–Crippen MR) is 115 cm³/mol. The average molecular weight is 444 g/mol. The van der Waals surface area contributed by atoms with Gasteiger partial charge in [-0.2, -0.15) is 0 Å². The highest BCUT2D eigenvalue weighted by Crippen LogP contribution is 2.42. The summed E-state index contributed by atoms with van der Waals surface area (Å²) < 4.78 is 14.4. The van der Waals surface area contributed by atoms with Crippen LogP contribution in [0.2, 0.25) is 10.0 Å². The third-order valence-electron chi connectivity index (χ3n) is 4.30. The first-order valence-electron chi connectivity index (χ1n) is 8.52. The van der Waals surface area contributed by atoms with Crippen LogP contribution in [0.1, 0.15) is 5.56 Å². The second kappa shape index (κ2) is 8.03. The van der Waals surface area contributed by atoms with Crippen molar-refractivity contribution in [3.05, 3.63) is 99.1 Å². The number of halogens is 3. The third kappa shape index (κ3) is 3.81. The molecule has 0 saturated heterocycles. The van der Waals surface area contributed by atoms with Gasteiger partial charge in [-0.25, -0.2) is 9.29 Å². The Morgan fingerprint density at radius 1 is 0.759 bits per heavy atom. The normalized spacial score (nSPS) is 14.1. The molecule has 1 heterocycles. The van der Waals surface area contributed by atoms with E-state index in [-0.39, 0.29) is 16.2 Å². The van der Waals surface area contributed by atoms with Gasteiger partial charge in [0.25, 0.3) is 11.8 Å². The van der Waals surface area contributed by atoms with Crippen LogP contribution < -0.4 is 4.90 Å². The molecule has 7 heteroatoms. The fourth-order valence-corrected chi connectivity index (χ4v) is 4.19. The van der Waals surface area contributed by atoms with Crippen LogP contribution in [0, 0.1) is 5.82 Å². The molecule has 0 atom stereocenters. The summed E-state index contributed by atoms with van der Waals surface area (Å²) in [6.07, 6.45) is 0. The lowest BCUT2D eigenvalue weighted by atomic mass is 10.1. The molecule has 3 aromatic carbocycles. The monoisotopic (exact) mass is 443 g/mol. The summed E-state index contributed by atoms with van der Waals surface area (Å²) >= 11 is 13.0. The second-order valence-electron chi connectivity index (χ2n) is 6.16. The van der Waals surface area contributed by atoms with Crippen molar-refractivity contribution < 1.29 is 14.0 Å². The quantitative estimate of drug-likeness (QED) is 0.449. The van der Waals surface area contributed by atoms with Crippen molar-refractivity contribution in [2.24, 2.45) is 0 Å². The Kier molecular flexibility index (Phi) is 5.46. The van der Waals surface area contributed by atoms with E-state index in [2.05, 4.69) is 0 Å². The highest BCUT2D eigenvalue weighted by Gasteiger charge is 2.41. The maximum absolute atomic E-state index is 14.4. The number of nitrogens with zero attached hydrogens (tertiary/aromatic N) is 1. The smallest absolute Gasteiger partial charge is 0.268 e. The predicted octanol–water partition coefficient (Wildman–Crippen LogP) is 6.21. The van der Waals surface area contributed by atoms with E-state index in [1.807, 2.05) is 0 Å². The molecular weight excluding hydrogens is 432 g/mol. The molecule has 29 heavy (non-hydrogen) atoms. The summed E-state index contributed by atoms with van der Waals surface area (Å²) in [5.41, 5.74) is 0.651. The van der Waals surface area contributed by atoms with E-state index in [9.17, 15) is 14.0 Å². The van der Waals surface area contributed by atoms with Crippen molar-refractivity contribution in [3.8, 4) is 0 Å². The summed E-state index contributed by atoms with van der Waals surface area (Å²) in [5, 5.41) is 1.06. The fourth-order valence-electron chi connectivity index (χ4n) is 2.95. The lowest BCUT2D eigenvalue weighted by Gasteiger charge is -2.15. The number of carbonyl (C=O) groups is 2. The zero-order valence-electron chi connectivity index (χ0n) is 14.7. The van der Waals surface area contributed by atoms with E-state index in [1.165, 1.54) is 18.2 Å². The number of hydrogen-bond donors (Lipinski definition) is 0. The molecule has 3 nitrogen and oxygen atoms in total. The van der Waals surface area contributed by atoms with Crippen molar-refractivity contribution in [1.29, 1.82) is 0 Å². The molecule has 144 valence electrons. The first kappa shape index (κ1) is 19.7. The molecule has 0 saturated carbocycles. The number of hydrogen-bond acceptors (Lipinski definition) is 3. The molecule has 2 amide bonds. The molecule has 0 radical (unpaired) electrons. The van der Waals surface area contributed by atoms with Crippen molar-refractivity contribution in [3.63, 3.8) is 0 Å². The number of thioether (sulfide) groups is 1. The summed E-state index contributed by atoms with van der Waals surface area (Å²) in [6.45, 7) is 0. The zero-order valence-corrected chi connectivity index (χ0v) is 17.1. The zero-order chi connectivity index (χ0) is 20.5. The molecule has 0 unspecified atom stereocenters. The van der Waals surface area contributed by atoms with Crippen LogP contribution >= 0.6 is 35.0 Å². The Balaban J connectivity index is 1.83. The maximum atomic E-state index is 14.4. The van der Waals surface area contributed by atoms with Crippen LogP contribution in [-0.2, 0) is 9.59 Å². The van der Waals surface area contributed by atoms with Gasteiger partial charge in [0.05, 0.1) is 16.2 Å². The molecule has 0 aliphatic carbocycles. The maximum Gasteiger partial charge on any atom is 0.273 e. The van der Waals surface area contributed by atoms with Gasteiger partial charge in [0.1, 0.15) is 5.82 Å². The summed E-state index contributed by atoms with van der Waals surface area (Å²) in [7, 11) is 0. The van der Waals surface area contributed by atoms with Gasteiger partial charge in [0.2, 0.25) is 0 Å². The molecule has 0 fully saturated rings. The van der Waals surface area contributed by atoms with E-state index in [4.69, 9.17) is 23.2 Å². The topological polar surface area (TPSA) is 37.4 Å². The van der Waals surface area contributed by atoms with Gasteiger partial charge in [-0.3, -0.25) is 9.59 Å². The number of anilines is 1. The molecule has 0 bridgehead atoms. The van der Waals surface area contributed by atoms with Gasteiger partial charge in [0.15, 0.2) is 0 Å². The molecule has 0 N–H and O–H groups in total. The van der Waals surface area contributed by atoms with E-state index in [0.29, 0.717) is 15.6 Å². The minimum Gasteiger partial charge on any atom is -0.268 e. The average Bonchev–Trinajstić information content (AvgIpc) is 2.95. The van der Waals surface area contributed by atoms with E-state index in [1.54, 1.807) is 54.6 Å². The minimum atomic E-state index is -0.651. The standard InChI is InChI=1S/C22H12Cl2FNO2S/c23-14-7-5-13(6-8-14)19-20(29-16-11-9-15(24)10-12-16)22(28)26(21(19)27)18-4-2-1-3-17(18)25/h1-12H. The fraction of sp³-hybridized carbons (Fsp3) is 0. The van der Waals surface area contributed by atoms with Crippen LogP contribution in [0.5, 0.6) is 0 Å². The Morgan fingerprint density at radius 3 is 1.97 bits per heavy atom. The number of imide groups is 1. The summed E-state index contributed by atoms with van der Waals surface area (Å²) in [4.78, 5) is 28.2. The van der Waals surface area contributed by atoms with E-state index in [0.717, 1.165) is 21.6 Å². The lowest BCUT2D eigenvalue weighted by molar-refractivity contribution is -0.119. The number of rotatable bonds is 4. The van der Waals surface area contributed by atoms with Gasteiger partial charge in [-0.1, -0.05) is 59.2 Å². The van der Waals surface area contributed by atoms with Gasteiger partial charge in [0, 0.05) is 14.9 Å². The van der Waals surface area contributed by atoms with Crippen LogP contribution in [-0.4, -0.2) is 11.8 Å². The van der Waals surface area contributed by atoms with Gasteiger partial charge in [-0.15, -0.1) is 0 Å². The van der Waals surface area contributed by atoms with Crippen LogP contribution in [0.15, 0.2) is 82.6 Å². The van der Waals surface area contributed by atoms with Crippen LogP contribution in [0.4, 0.5) is 10.1 Å². The van der Waals surface area contributed by atoms with E-state index < -0.39 is 17.6 Å². The molecular formula is C22H12Cl2FNO2S. The van der Waals surface area contributed by atoms with Crippen molar-refractivity contribution in [2.75, 3.05) is 4.90 Å². The minimum absolute atomic E-state index is 0.0827. The summed E-state index contributed by atoms with van der Waals surface area (Å²) in [5.74, 6) is -1.81. The molecule has 1 aliphatic rings. The molecule has 4 rings (SSSR count). The number of para-hydroxylation sites is 1. The van der Waals surface area contributed by atoms with Crippen molar-refractivity contribution >= 4 is 58.0 Å². The van der Waals surface area contributed by atoms with Crippen LogP contribution in [0.25, 0.3) is 5.57 Å².